The highest BCUT2D eigenvalue weighted by atomic mass is 31.2. The van der Waals surface area contributed by atoms with E-state index in [1.807, 2.05) is 23.2 Å². The lowest BCUT2D eigenvalue weighted by Gasteiger charge is -2.28. The summed E-state index contributed by atoms with van der Waals surface area (Å²) < 4.78 is 36.7. The van der Waals surface area contributed by atoms with Crippen LogP contribution in [0.5, 0.6) is 5.75 Å². The molecule has 0 radical (unpaired) electrons. The van der Waals surface area contributed by atoms with E-state index < -0.39 is 61.7 Å². The van der Waals surface area contributed by atoms with Gasteiger partial charge in [-0.1, -0.05) is 43.0 Å². The molecule has 212 valence electrons. The molecule has 0 amide bonds. The van der Waals surface area contributed by atoms with Gasteiger partial charge in [0.1, 0.15) is 24.0 Å². The number of aliphatic hydroxyl groups excluding tert-OH is 1. The quantitative estimate of drug-likeness (QED) is 0.156. The molecular weight excluding hydrogens is 545 g/mol. The molecule has 2 aromatic carbocycles. The summed E-state index contributed by atoms with van der Waals surface area (Å²) in [5.74, 6) is -0.562. The minimum absolute atomic E-state index is 0.183. The molecule has 1 aromatic heterocycles. The predicted octanol–water partition coefficient (Wildman–Crippen LogP) is 1.38. The van der Waals surface area contributed by atoms with Gasteiger partial charge in [0.15, 0.2) is 11.8 Å². The lowest BCUT2D eigenvalue weighted by atomic mass is 9.94. The summed E-state index contributed by atoms with van der Waals surface area (Å²) in [6.07, 6.45) is -2.58. The third-order valence-corrected chi connectivity index (χ3v) is 7.88. The molecule has 14 heteroatoms. The molecule has 6 atom stereocenters. The van der Waals surface area contributed by atoms with Gasteiger partial charge in [-0.05, 0) is 24.5 Å². The third kappa shape index (κ3) is 5.86. The van der Waals surface area contributed by atoms with Gasteiger partial charge in [-0.25, -0.2) is 9.36 Å². The fourth-order valence-electron chi connectivity index (χ4n) is 4.28. The van der Waals surface area contributed by atoms with E-state index in [4.69, 9.17) is 18.5 Å². The summed E-state index contributed by atoms with van der Waals surface area (Å²) >= 11 is 0. The van der Waals surface area contributed by atoms with Crippen LogP contribution in [0, 0.1) is 0 Å². The van der Waals surface area contributed by atoms with Crippen LogP contribution in [-0.2, 0) is 23.4 Å². The topological polar surface area (TPSA) is 178 Å². The number of nitrogens with zero attached hydrogens (tertiary/aromatic N) is 1. The maximum atomic E-state index is 14.0. The van der Waals surface area contributed by atoms with Crippen LogP contribution in [0.2, 0.25) is 0 Å². The fraction of sp³-hybridized carbons (Fsp3) is 0.308. The maximum Gasteiger partial charge on any atom is 0.459 e. The summed E-state index contributed by atoms with van der Waals surface area (Å²) in [5, 5.41) is 26.2. The molecule has 1 fully saturated rings. The van der Waals surface area contributed by atoms with Gasteiger partial charge >= 0.3 is 19.4 Å². The highest BCUT2D eigenvalue weighted by molar-refractivity contribution is 7.52. The molecule has 13 nitrogen and oxygen atoms in total. The Morgan fingerprint density at radius 2 is 2.02 bits per heavy atom. The highest BCUT2D eigenvalue weighted by Gasteiger charge is 2.56. The van der Waals surface area contributed by atoms with Crippen molar-refractivity contribution in [2.45, 2.75) is 37.0 Å². The Morgan fingerprint density at radius 1 is 1.30 bits per heavy atom. The Labute approximate surface area is 227 Å². The third-order valence-electron chi connectivity index (χ3n) is 6.25. The average molecular weight is 573 g/mol. The molecule has 0 spiro atoms. The Balaban J connectivity index is 1.64. The van der Waals surface area contributed by atoms with Crippen molar-refractivity contribution in [3.05, 3.63) is 94.0 Å². The van der Waals surface area contributed by atoms with Gasteiger partial charge in [0.25, 0.3) is 5.56 Å². The zero-order valence-electron chi connectivity index (χ0n) is 21.6. The number of methoxy groups -OCH3 is 1. The first kappa shape index (κ1) is 29.2. The Hall–Kier alpha value is -3.80. The van der Waals surface area contributed by atoms with E-state index in [9.17, 15) is 29.2 Å². The number of aliphatic hydroxyl groups is 2. The van der Waals surface area contributed by atoms with Gasteiger partial charge in [-0.2, -0.15) is 5.09 Å². The van der Waals surface area contributed by atoms with Crippen LogP contribution in [-0.4, -0.2) is 63.3 Å². The maximum absolute atomic E-state index is 14.0. The summed E-state index contributed by atoms with van der Waals surface area (Å²) in [5.41, 5.74) is -1.48. The van der Waals surface area contributed by atoms with E-state index in [2.05, 4.69) is 17.4 Å². The molecular formula is C26H28N3O10P. The van der Waals surface area contributed by atoms with Gasteiger partial charge in [0.2, 0.25) is 0 Å². The van der Waals surface area contributed by atoms with E-state index in [0.29, 0.717) is 5.39 Å². The number of aromatic nitrogens is 2. The van der Waals surface area contributed by atoms with Crippen LogP contribution in [0.1, 0.15) is 13.2 Å². The Morgan fingerprint density at radius 3 is 2.73 bits per heavy atom. The Kier molecular flexibility index (Phi) is 8.57. The highest BCUT2D eigenvalue weighted by Crippen LogP contribution is 2.48. The molecule has 0 aliphatic carbocycles. The molecule has 4 N–H and O–H groups in total. The number of esters is 1. The zero-order valence-corrected chi connectivity index (χ0v) is 22.4. The molecule has 4 rings (SSSR count). The number of fused-ring (bicyclic) bond motifs is 1. The predicted molar refractivity (Wildman–Crippen MR) is 143 cm³/mol. The molecule has 1 saturated heterocycles. The number of rotatable bonds is 10. The van der Waals surface area contributed by atoms with Crippen molar-refractivity contribution in [1.82, 2.24) is 14.6 Å². The van der Waals surface area contributed by atoms with E-state index in [-0.39, 0.29) is 5.75 Å². The summed E-state index contributed by atoms with van der Waals surface area (Å²) in [6.45, 7) is 4.16. The van der Waals surface area contributed by atoms with E-state index in [0.717, 1.165) is 35.4 Å². The summed E-state index contributed by atoms with van der Waals surface area (Å²) in [6, 6.07) is 12.1. The first-order valence-electron chi connectivity index (χ1n) is 12.0. The average Bonchev–Trinajstić information content (AvgIpc) is 3.16. The number of hydrogen-bond donors (Lipinski definition) is 4. The van der Waals surface area contributed by atoms with Crippen molar-refractivity contribution >= 4 is 24.5 Å². The molecule has 0 saturated carbocycles. The molecule has 2 heterocycles. The number of aromatic amines is 1. The number of hydrogen-bond acceptors (Lipinski definition) is 10. The largest absolute Gasteiger partial charge is 0.468 e. The smallest absolute Gasteiger partial charge is 0.459 e. The SMILES string of the molecule is C=C=C[C@@]1(O)C(O)[C@@H](COP(=O)(N[C@@H](C)C(=O)OC)Oc2cccc3ccccc23)O[C@H]1n1ccc(=O)[nH]c1=O. The van der Waals surface area contributed by atoms with E-state index in [1.54, 1.807) is 24.3 Å². The van der Waals surface area contributed by atoms with Crippen molar-refractivity contribution in [2.75, 3.05) is 13.7 Å². The summed E-state index contributed by atoms with van der Waals surface area (Å²) in [7, 11) is -3.23. The minimum Gasteiger partial charge on any atom is -0.468 e. The second-order valence-electron chi connectivity index (χ2n) is 8.96. The number of H-pyrrole nitrogens is 1. The number of benzene rings is 2. The van der Waals surface area contributed by atoms with Gasteiger partial charge in [0.05, 0.1) is 13.7 Å². The lowest BCUT2D eigenvalue weighted by Crippen LogP contribution is -2.47. The summed E-state index contributed by atoms with van der Waals surface area (Å²) in [4.78, 5) is 38.1. The lowest BCUT2D eigenvalue weighted by molar-refractivity contribution is -0.142. The van der Waals surface area contributed by atoms with Crippen molar-refractivity contribution in [3.8, 4) is 5.75 Å². The second-order valence-corrected chi connectivity index (χ2v) is 10.7. The monoisotopic (exact) mass is 573 g/mol. The number of nitrogens with one attached hydrogen (secondary N) is 2. The standard InChI is InChI=1S/C26H28N3O10P/c1-4-13-26(34)22(31)20(38-24(26)29-14-12-21(30)27-25(29)33)15-37-40(35,28-16(2)23(32)36-3)39-19-11-7-9-17-8-5-6-10-18(17)19/h5-14,16,20,22,24,31,34H,1,15H2,2-3H3,(H,28,35)(H,27,30,33)/t16-,20+,22?,24+,26+,40?/m0/s1. The van der Waals surface area contributed by atoms with Crippen molar-refractivity contribution < 1.29 is 38.1 Å². The van der Waals surface area contributed by atoms with Crippen molar-refractivity contribution in [2.24, 2.45) is 0 Å². The zero-order chi connectivity index (χ0) is 29.1. The normalized spacial score (nSPS) is 24.6. The second kappa shape index (κ2) is 11.7. The van der Waals surface area contributed by atoms with Gasteiger partial charge in [-0.3, -0.25) is 23.7 Å². The molecule has 1 aliphatic heterocycles. The van der Waals surface area contributed by atoms with Crippen LogP contribution in [0.3, 0.4) is 0 Å². The van der Waals surface area contributed by atoms with E-state index in [1.165, 1.54) is 6.92 Å². The van der Waals surface area contributed by atoms with Crippen LogP contribution < -0.4 is 20.9 Å². The molecule has 3 aromatic rings. The minimum atomic E-state index is -4.39. The fourth-order valence-corrected chi connectivity index (χ4v) is 5.80. The van der Waals surface area contributed by atoms with Gasteiger partial charge in [-0.15, -0.1) is 5.73 Å². The molecule has 1 aliphatic rings. The van der Waals surface area contributed by atoms with Crippen LogP contribution in [0.25, 0.3) is 10.8 Å². The van der Waals surface area contributed by atoms with Crippen LogP contribution in [0.4, 0.5) is 0 Å². The molecule has 2 unspecified atom stereocenters. The van der Waals surface area contributed by atoms with Gasteiger partial charge < -0.3 is 24.2 Å². The molecule has 0 bridgehead atoms. The number of ether oxygens (including phenoxy) is 2. The number of carbonyl (C=O) groups is 1. The Bertz CT molecular complexity index is 1610. The molecule has 40 heavy (non-hydrogen) atoms. The van der Waals surface area contributed by atoms with Crippen LogP contribution >= 0.6 is 7.75 Å². The van der Waals surface area contributed by atoms with Gasteiger partial charge in [0, 0.05) is 17.6 Å². The van der Waals surface area contributed by atoms with Crippen LogP contribution in [0.15, 0.2) is 82.7 Å². The van der Waals surface area contributed by atoms with Crippen molar-refractivity contribution in [3.63, 3.8) is 0 Å². The number of carbonyl (C=O) groups excluding carboxylic acids is 1. The van der Waals surface area contributed by atoms with Crippen molar-refractivity contribution in [1.29, 1.82) is 0 Å². The van der Waals surface area contributed by atoms with E-state index >= 15 is 0 Å². The first-order valence-corrected chi connectivity index (χ1v) is 13.6. The first-order chi connectivity index (χ1) is 19.0.